The quantitative estimate of drug-likeness (QED) is 0.386. The second-order valence-corrected chi connectivity index (χ2v) is 6.72. The molecule has 0 saturated carbocycles. The summed E-state index contributed by atoms with van der Waals surface area (Å²) >= 11 is 0. The highest BCUT2D eigenvalue weighted by molar-refractivity contribution is 6.51. The molecule has 1 fully saturated rings. The molecular weight excluding hydrogens is 392 g/mol. The van der Waals surface area contributed by atoms with Gasteiger partial charge in [0.2, 0.25) is 0 Å². The van der Waals surface area contributed by atoms with E-state index in [0.717, 1.165) is 23.1 Å². The molecule has 0 bridgehead atoms. The first-order valence-corrected chi connectivity index (χ1v) is 8.99. The van der Waals surface area contributed by atoms with Crippen LogP contribution in [-0.2, 0) is 9.59 Å². The van der Waals surface area contributed by atoms with Gasteiger partial charge in [-0.15, -0.1) is 0 Å². The normalized spacial score (nSPS) is 18.1. The highest BCUT2D eigenvalue weighted by Crippen LogP contribution is 2.43. The van der Waals surface area contributed by atoms with E-state index >= 15 is 0 Å². The molecule has 3 aromatic rings. The molecule has 0 spiro atoms. The van der Waals surface area contributed by atoms with Crippen molar-refractivity contribution in [3.05, 3.63) is 101 Å². The third kappa shape index (κ3) is 3.20. The van der Waals surface area contributed by atoms with E-state index in [9.17, 15) is 28.6 Å². The molecule has 1 aliphatic rings. The van der Waals surface area contributed by atoms with E-state index in [1.165, 1.54) is 24.3 Å². The highest BCUT2D eigenvalue weighted by Gasteiger charge is 2.47. The molecule has 0 radical (unpaired) electrons. The molecule has 1 aliphatic heterocycles. The van der Waals surface area contributed by atoms with Crippen molar-refractivity contribution in [3.8, 4) is 5.75 Å². The van der Waals surface area contributed by atoms with Crippen LogP contribution in [-0.4, -0.2) is 21.9 Å². The molecule has 150 valence electrons. The Bertz CT molecular complexity index is 1170. The molecule has 1 atom stereocenters. The van der Waals surface area contributed by atoms with Crippen LogP contribution in [0, 0.1) is 11.6 Å². The van der Waals surface area contributed by atoms with Crippen LogP contribution < -0.4 is 4.90 Å². The Labute approximate surface area is 170 Å². The van der Waals surface area contributed by atoms with E-state index in [4.69, 9.17) is 0 Å². The van der Waals surface area contributed by atoms with Gasteiger partial charge >= 0.3 is 0 Å². The van der Waals surface area contributed by atoms with Gasteiger partial charge in [0, 0.05) is 11.6 Å². The molecule has 1 amide bonds. The maximum absolute atomic E-state index is 14.5. The number of amides is 1. The van der Waals surface area contributed by atoms with Crippen molar-refractivity contribution in [2.24, 2.45) is 0 Å². The number of hydrogen-bond donors (Lipinski definition) is 2. The van der Waals surface area contributed by atoms with E-state index in [-0.39, 0.29) is 11.3 Å². The van der Waals surface area contributed by atoms with Crippen molar-refractivity contribution in [3.63, 3.8) is 0 Å². The molecule has 5 nitrogen and oxygen atoms in total. The van der Waals surface area contributed by atoms with Crippen LogP contribution in [0.5, 0.6) is 5.75 Å². The predicted molar refractivity (Wildman–Crippen MR) is 106 cm³/mol. The molecule has 0 aliphatic carbocycles. The number of carbonyl (C=O) groups is 2. The number of Topliss-reactive ketones (excluding diaryl/α,β-unsaturated/α-hetero) is 1. The van der Waals surface area contributed by atoms with Gasteiger partial charge in [0.1, 0.15) is 23.1 Å². The number of rotatable bonds is 3. The summed E-state index contributed by atoms with van der Waals surface area (Å²) in [5, 5.41) is 20.4. The summed E-state index contributed by atoms with van der Waals surface area (Å²) < 4.78 is 28.4. The van der Waals surface area contributed by atoms with Crippen molar-refractivity contribution in [2.45, 2.75) is 6.04 Å². The lowest BCUT2D eigenvalue weighted by Gasteiger charge is -2.25. The Morgan fingerprint density at radius 2 is 1.57 bits per heavy atom. The Balaban J connectivity index is 1.98. The Hall–Kier alpha value is -4.00. The number of nitrogens with zero attached hydrogens (tertiary/aromatic N) is 1. The zero-order chi connectivity index (χ0) is 21.4. The van der Waals surface area contributed by atoms with Crippen LogP contribution in [0.2, 0.25) is 0 Å². The lowest BCUT2D eigenvalue weighted by Crippen LogP contribution is -2.30. The van der Waals surface area contributed by atoms with Gasteiger partial charge in [0.15, 0.2) is 0 Å². The summed E-state index contributed by atoms with van der Waals surface area (Å²) in [6, 6.07) is 15.0. The van der Waals surface area contributed by atoms with Gasteiger partial charge in [-0.3, -0.25) is 14.5 Å². The van der Waals surface area contributed by atoms with Gasteiger partial charge in [0.05, 0.1) is 17.3 Å². The van der Waals surface area contributed by atoms with Gasteiger partial charge < -0.3 is 10.2 Å². The van der Waals surface area contributed by atoms with E-state index < -0.39 is 40.8 Å². The molecule has 1 heterocycles. The lowest BCUT2D eigenvalue weighted by atomic mass is 9.95. The number of benzene rings is 3. The smallest absolute Gasteiger partial charge is 0.300 e. The van der Waals surface area contributed by atoms with Gasteiger partial charge in [-0.25, -0.2) is 8.78 Å². The number of phenols is 1. The summed E-state index contributed by atoms with van der Waals surface area (Å²) in [7, 11) is 0. The van der Waals surface area contributed by atoms with Gasteiger partial charge in [0.25, 0.3) is 11.7 Å². The predicted octanol–water partition coefficient (Wildman–Crippen LogP) is 4.30. The molecule has 2 N–H and O–H groups in total. The molecule has 3 aromatic carbocycles. The summed E-state index contributed by atoms with van der Waals surface area (Å²) in [4.78, 5) is 26.6. The fourth-order valence-electron chi connectivity index (χ4n) is 3.47. The van der Waals surface area contributed by atoms with Crippen LogP contribution in [0.4, 0.5) is 14.5 Å². The van der Waals surface area contributed by atoms with Gasteiger partial charge in [-0.2, -0.15) is 0 Å². The first kappa shape index (κ1) is 19.3. The Kier molecular flexibility index (Phi) is 4.79. The zero-order valence-electron chi connectivity index (χ0n) is 15.4. The second kappa shape index (κ2) is 7.44. The number of hydrogen-bond acceptors (Lipinski definition) is 4. The summed E-state index contributed by atoms with van der Waals surface area (Å²) in [5.74, 6) is -4.32. The van der Waals surface area contributed by atoms with Crippen molar-refractivity contribution < 1.29 is 28.6 Å². The fraction of sp³-hybridized carbons (Fsp3) is 0.0435. The summed E-state index contributed by atoms with van der Waals surface area (Å²) in [6.07, 6.45) is 0. The number of halogens is 2. The number of ketones is 1. The average Bonchev–Trinajstić information content (AvgIpc) is 3.01. The van der Waals surface area contributed by atoms with Gasteiger partial charge in [-0.05, 0) is 29.8 Å². The molecule has 1 saturated heterocycles. The maximum Gasteiger partial charge on any atom is 0.300 e. The van der Waals surface area contributed by atoms with E-state index in [1.807, 2.05) is 0 Å². The van der Waals surface area contributed by atoms with Crippen molar-refractivity contribution in [1.29, 1.82) is 0 Å². The van der Waals surface area contributed by atoms with E-state index in [1.54, 1.807) is 30.3 Å². The number of carbonyl (C=O) groups excluding carboxylic acids is 2. The zero-order valence-corrected chi connectivity index (χ0v) is 15.4. The Morgan fingerprint density at radius 1 is 0.900 bits per heavy atom. The van der Waals surface area contributed by atoms with Crippen LogP contribution in [0.3, 0.4) is 0 Å². The molecular formula is C23H15F2NO4. The monoisotopic (exact) mass is 407 g/mol. The number of aliphatic hydroxyl groups excluding tert-OH is 1. The number of anilines is 1. The maximum atomic E-state index is 14.5. The number of aromatic hydroxyl groups is 1. The minimum Gasteiger partial charge on any atom is -0.508 e. The third-order valence-corrected chi connectivity index (χ3v) is 4.87. The Morgan fingerprint density at radius 3 is 2.23 bits per heavy atom. The first-order valence-electron chi connectivity index (χ1n) is 8.99. The van der Waals surface area contributed by atoms with Crippen molar-refractivity contribution in [1.82, 2.24) is 0 Å². The second-order valence-electron chi connectivity index (χ2n) is 6.72. The van der Waals surface area contributed by atoms with Crippen molar-refractivity contribution >= 4 is 23.1 Å². The van der Waals surface area contributed by atoms with Gasteiger partial charge in [-0.1, -0.05) is 42.5 Å². The standard InChI is InChI=1S/C23H15F2NO4/c24-15-8-11-17(25)18(12-15)26-20(13-6-9-16(27)10-7-13)19(22(29)23(26)30)21(28)14-4-2-1-3-5-14/h1-12,20,27-28H/b21-19+. The number of phenolic OH excluding ortho intramolecular Hbond substituents is 1. The fourth-order valence-corrected chi connectivity index (χ4v) is 3.47. The molecule has 4 rings (SSSR count). The van der Waals surface area contributed by atoms with Crippen LogP contribution in [0.25, 0.3) is 5.76 Å². The van der Waals surface area contributed by atoms with Crippen molar-refractivity contribution in [2.75, 3.05) is 4.90 Å². The lowest BCUT2D eigenvalue weighted by molar-refractivity contribution is -0.132. The SMILES string of the molecule is O=C1C(=O)N(c2cc(F)ccc2F)C(c2ccc(O)cc2)/C1=C(\O)c1ccccc1. The van der Waals surface area contributed by atoms with Crippen LogP contribution in [0.15, 0.2) is 78.4 Å². The molecule has 30 heavy (non-hydrogen) atoms. The molecule has 7 heteroatoms. The third-order valence-electron chi connectivity index (χ3n) is 4.87. The van der Waals surface area contributed by atoms with Crippen LogP contribution in [0.1, 0.15) is 17.2 Å². The summed E-state index contributed by atoms with van der Waals surface area (Å²) in [6.45, 7) is 0. The minimum absolute atomic E-state index is 0.0595. The molecule has 0 aromatic heterocycles. The van der Waals surface area contributed by atoms with Crippen LogP contribution >= 0.6 is 0 Å². The highest BCUT2D eigenvalue weighted by atomic mass is 19.1. The van der Waals surface area contributed by atoms with E-state index in [0.29, 0.717) is 11.1 Å². The molecule has 1 unspecified atom stereocenters. The average molecular weight is 407 g/mol. The van der Waals surface area contributed by atoms with E-state index in [2.05, 4.69) is 0 Å². The topological polar surface area (TPSA) is 77.8 Å². The summed E-state index contributed by atoms with van der Waals surface area (Å²) in [5.41, 5.74) is -0.0741. The minimum atomic E-state index is -1.22. The first-order chi connectivity index (χ1) is 14.4. The number of aliphatic hydroxyl groups is 1. The largest absolute Gasteiger partial charge is 0.508 e.